The number of hydrogen-bond acceptors (Lipinski definition) is 5. The molecule has 0 aliphatic heterocycles. The number of anilines is 3. The quantitative estimate of drug-likeness (QED) is 0.238. The van der Waals surface area contributed by atoms with Gasteiger partial charge in [-0.05, 0) is 66.7 Å². The molecule has 0 saturated carbocycles. The first kappa shape index (κ1) is 29.9. The number of rotatable bonds is 9. The van der Waals surface area contributed by atoms with Crippen molar-refractivity contribution in [3.8, 4) is 0 Å². The van der Waals surface area contributed by atoms with Gasteiger partial charge in [0.05, 0.1) is 26.1 Å². The van der Waals surface area contributed by atoms with Crippen LogP contribution in [0.4, 0.5) is 30.2 Å². The van der Waals surface area contributed by atoms with E-state index in [4.69, 9.17) is 11.6 Å². The largest absolute Gasteiger partial charge is 0.416 e. The first-order valence-corrected chi connectivity index (χ1v) is 15.0. The summed E-state index contributed by atoms with van der Waals surface area (Å²) in [5, 5.41) is 2.61. The van der Waals surface area contributed by atoms with Crippen molar-refractivity contribution in [1.29, 1.82) is 0 Å². The molecule has 0 radical (unpaired) electrons. The number of alkyl halides is 3. The zero-order valence-corrected chi connectivity index (χ0v) is 23.2. The standard InChI is InChI=1S/C27H21ClF3N3O5S2/c28-24-11-4-5-12-25(24)34(41(38,39)23-9-2-1-3-10-23)18-26(35)32-20-13-15-22(16-14-20)40(36,37)33-21-8-6-7-19(17-21)27(29,30)31/h1-17,33H,18H2,(H,32,35). The molecule has 0 spiro atoms. The SMILES string of the molecule is O=C(CN(c1ccccc1Cl)S(=O)(=O)c1ccccc1)Nc1ccc(S(=O)(=O)Nc2cccc(C(F)(F)F)c2)cc1. The Labute approximate surface area is 239 Å². The maximum absolute atomic E-state index is 13.4. The summed E-state index contributed by atoms with van der Waals surface area (Å²) < 4.78 is 94.1. The number of hydrogen-bond donors (Lipinski definition) is 2. The van der Waals surface area contributed by atoms with Crippen LogP contribution in [0.2, 0.25) is 5.02 Å². The van der Waals surface area contributed by atoms with Crippen LogP contribution in [0.3, 0.4) is 0 Å². The predicted molar refractivity (Wildman–Crippen MR) is 150 cm³/mol. The highest BCUT2D eigenvalue weighted by Crippen LogP contribution is 2.32. The van der Waals surface area contributed by atoms with Crippen molar-refractivity contribution in [2.24, 2.45) is 0 Å². The van der Waals surface area contributed by atoms with E-state index in [0.717, 1.165) is 28.6 Å². The molecule has 0 aliphatic rings. The molecule has 0 unspecified atom stereocenters. The molecule has 41 heavy (non-hydrogen) atoms. The van der Waals surface area contributed by atoms with Gasteiger partial charge in [-0.3, -0.25) is 13.8 Å². The zero-order valence-electron chi connectivity index (χ0n) is 20.8. The molecule has 8 nitrogen and oxygen atoms in total. The van der Waals surface area contributed by atoms with Gasteiger partial charge in [0.25, 0.3) is 20.0 Å². The highest BCUT2D eigenvalue weighted by Gasteiger charge is 2.31. The lowest BCUT2D eigenvalue weighted by Crippen LogP contribution is -2.38. The Morgan fingerprint density at radius 3 is 2.02 bits per heavy atom. The Kier molecular flexibility index (Phi) is 8.61. The molecule has 0 fully saturated rings. The molecule has 214 valence electrons. The van der Waals surface area contributed by atoms with E-state index in [2.05, 4.69) is 10.0 Å². The summed E-state index contributed by atoms with van der Waals surface area (Å²) in [6.45, 7) is -0.655. The van der Waals surface area contributed by atoms with Gasteiger partial charge < -0.3 is 5.32 Å². The number of carbonyl (C=O) groups excluding carboxylic acids is 1. The van der Waals surface area contributed by atoms with Crippen molar-refractivity contribution in [2.45, 2.75) is 16.0 Å². The van der Waals surface area contributed by atoms with Gasteiger partial charge in [-0.1, -0.05) is 48.0 Å². The van der Waals surface area contributed by atoms with E-state index in [9.17, 15) is 34.8 Å². The zero-order chi connectivity index (χ0) is 29.8. The maximum Gasteiger partial charge on any atom is 0.416 e. The summed E-state index contributed by atoms with van der Waals surface area (Å²) in [6, 6.07) is 22.1. The van der Waals surface area contributed by atoms with Crippen molar-refractivity contribution in [3.63, 3.8) is 0 Å². The second kappa shape index (κ2) is 11.8. The molecule has 1 amide bonds. The predicted octanol–water partition coefficient (Wildman–Crippen LogP) is 5.99. The fourth-order valence-electron chi connectivity index (χ4n) is 3.69. The minimum atomic E-state index is -4.65. The Bertz CT molecular complexity index is 1770. The van der Waals surface area contributed by atoms with E-state index < -0.39 is 44.2 Å². The molecule has 0 aliphatic carbocycles. The van der Waals surface area contributed by atoms with Crippen LogP contribution < -0.4 is 14.3 Å². The van der Waals surface area contributed by atoms with Gasteiger partial charge >= 0.3 is 6.18 Å². The fraction of sp³-hybridized carbons (Fsp3) is 0.0741. The normalized spacial score (nSPS) is 12.0. The average molecular weight is 624 g/mol. The molecule has 4 aromatic carbocycles. The van der Waals surface area contributed by atoms with Crippen LogP contribution in [0.25, 0.3) is 0 Å². The Balaban J connectivity index is 1.52. The molecule has 4 aromatic rings. The second-order valence-corrected chi connectivity index (χ2v) is 12.5. The number of sulfonamides is 2. The lowest BCUT2D eigenvalue weighted by Gasteiger charge is -2.25. The molecule has 0 bridgehead atoms. The van der Waals surface area contributed by atoms with Crippen LogP contribution >= 0.6 is 11.6 Å². The number of carbonyl (C=O) groups is 1. The smallest absolute Gasteiger partial charge is 0.325 e. The Morgan fingerprint density at radius 1 is 0.756 bits per heavy atom. The third kappa shape index (κ3) is 7.17. The average Bonchev–Trinajstić information content (AvgIpc) is 2.92. The summed E-state index contributed by atoms with van der Waals surface area (Å²) in [7, 11) is -8.46. The van der Waals surface area contributed by atoms with Crippen molar-refractivity contribution in [3.05, 3.63) is 114 Å². The van der Waals surface area contributed by atoms with Crippen molar-refractivity contribution in [1.82, 2.24) is 0 Å². The fourth-order valence-corrected chi connectivity index (χ4v) is 6.49. The third-order valence-corrected chi connectivity index (χ3v) is 9.12. The minimum absolute atomic E-state index is 0.0597. The van der Waals surface area contributed by atoms with E-state index in [1.54, 1.807) is 18.2 Å². The molecule has 0 aromatic heterocycles. The summed E-state index contributed by atoms with van der Waals surface area (Å²) in [5.41, 5.74) is -1.08. The second-order valence-electron chi connectivity index (χ2n) is 8.53. The summed E-state index contributed by atoms with van der Waals surface area (Å²) >= 11 is 6.25. The van der Waals surface area contributed by atoms with E-state index in [1.165, 1.54) is 54.6 Å². The van der Waals surface area contributed by atoms with Gasteiger partial charge in [0, 0.05) is 11.4 Å². The summed E-state index contributed by atoms with van der Waals surface area (Å²) in [4.78, 5) is 12.6. The van der Waals surface area contributed by atoms with Gasteiger partial charge in [-0.25, -0.2) is 16.8 Å². The van der Waals surface area contributed by atoms with Crippen molar-refractivity contribution >= 4 is 54.6 Å². The molecule has 2 N–H and O–H groups in total. The topological polar surface area (TPSA) is 113 Å². The van der Waals surface area contributed by atoms with E-state index in [1.807, 2.05) is 0 Å². The summed E-state index contributed by atoms with van der Waals surface area (Å²) in [5.74, 6) is -0.748. The van der Waals surface area contributed by atoms with Crippen LogP contribution in [0, 0.1) is 0 Å². The molecule has 0 atom stereocenters. The van der Waals surface area contributed by atoms with Crippen LogP contribution in [-0.4, -0.2) is 29.3 Å². The number of amides is 1. The van der Waals surface area contributed by atoms with Crippen LogP contribution in [-0.2, 0) is 31.0 Å². The van der Waals surface area contributed by atoms with Crippen molar-refractivity contribution < 1.29 is 34.8 Å². The maximum atomic E-state index is 13.4. The van der Waals surface area contributed by atoms with Crippen LogP contribution in [0.15, 0.2) is 113 Å². The van der Waals surface area contributed by atoms with E-state index in [0.29, 0.717) is 6.07 Å². The molecule has 4 rings (SSSR count). The van der Waals surface area contributed by atoms with Gasteiger partial charge in [-0.2, -0.15) is 13.2 Å². The van der Waals surface area contributed by atoms with Gasteiger partial charge in [0.1, 0.15) is 6.54 Å². The lowest BCUT2D eigenvalue weighted by atomic mass is 10.2. The Hall–Kier alpha value is -4.07. The highest BCUT2D eigenvalue weighted by atomic mass is 35.5. The monoisotopic (exact) mass is 623 g/mol. The highest BCUT2D eigenvalue weighted by molar-refractivity contribution is 7.93. The van der Waals surface area contributed by atoms with Gasteiger partial charge in [0.2, 0.25) is 5.91 Å². The first-order valence-electron chi connectivity index (χ1n) is 11.7. The molecular weight excluding hydrogens is 603 g/mol. The number of nitrogens with zero attached hydrogens (tertiary/aromatic N) is 1. The number of para-hydroxylation sites is 1. The van der Waals surface area contributed by atoms with E-state index in [-0.39, 0.29) is 31.9 Å². The van der Waals surface area contributed by atoms with Crippen LogP contribution in [0.5, 0.6) is 0 Å². The minimum Gasteiger partial charge on any atom is -0.325 e. The molecular formula is C27H21ClF3N3O5S2. The number of benzene rings is 4. The lowest BCUT2D eigenvalue weighted by molar-refractivity contribution is -0.137. The summed E-state index contributed by atoms with van der Waals surface area (Å²) in [6.07, 6.45) is -4.65. The van der Waals surface area contributed by atoms with Crippen molar-refractivity contribution in [2.75, 3.05) is 20.9 Å². The first-order chi connectivity index (χ1) is 19.3. The third-order valence-electron chi connectivity index (χ3n) is 5.63. The number of nitrogens with one attached hydrogen (secondary N) is 2. The van der Waals surface area contributed by atoms with Gasteiger partial charge in [-0.15, -0.1) is 0 Å². The molecule has 0 heterocycles. The van der Waals surface area contributed by atoms with E-state index >= 15 is 0 Å². The van der Waals surface area contributed by atoms with Crippen LogP contribution in [0.1, 0.15) is 5.56 Å². The Morgan fingerprint density at radius 2 is 1.39 bits per heavy atom. The molecule has 0 saturated heterocycles. The van der Waals surface area contributed by atoms with Gasteiger partial charge in [0.15, 0.2) is 0 Å². The molecule has 14 heteroatoms. The number of halogens is 4.